The van der Waals surface area contributed by atoms with Crippen LogP contribution >= 0.6 is 11.3 Å². The van der Waals surface area contributed by atoms with Gasteiger partial charge in [-0.1, -0.05) is 18.2 Å². The Morgan fingerprint density at radius 3 is 2.86 bits per heavy atom. The predicted molar refractivity (Wildman–Crippen MR) is 85.0 cm³/mol. The van der Waals surface area contributed by atoms with Crippen molar-refractivity contribution < 1.29 is 14.6 Å². The van der Waals surface area contributed by atoms with E-state index in [1.54, 1.807) is 19.2 Å². The van der Waals surface area contributed by atoms with Crippen LogP contribution in [0.25, 0.3) is 0 Å². The fraction of sp³-hybridized carbons (Fsp3) is 0.333. The first-order valence-electron chi connectivity index (χ1n) is 6.84. The van der Waals surface area contributed by atoms with Gasteiger partial charge in [0.1, 0.15) is 5.75 Å². The van der Waals surface area contributed by atoms with E-state index in [-0.39, 0.29) is 12.6 Å². The smallest absolute Gasteiger partial charge is 0.315 e. The van der Waals surface area contributed by atoms with Gasteiger partial charge in [0, 0.05) is 17.5 Å². The molecule has 1 aromatic carbocycles. The number of para-hydroxylation sites is 1. The van der Waals surface area contributed by atoms with Gasteiger partial charge >= 0.3 is 6.03 Å². The van der Waals surface area contributed by atoms with Crippen molar-refractivity contribution in [1.82, 2.24) is 15.6 Å². The number of thiazole rings is 1. The van der Waals surface area contributed by atoms with Crippen LogP contribution < -0.4 is 15.4 Å². The van der Waals surface area contributed by atoms with Crippen LogP contribution in [-0.4, -0.2) is 29.8 Å². The van der Waals surface area contributed by atoms with Crippen molar-refractivity contribution >= 4 is 17.4 Å². The zero-order chi connectivity index (χ0) is 15.9. The number of hydrogen-bond acceptors (Lipinski definition) is 5. The lowest BCUT2D eigenvalue weighted by Gasteiger charge is -2.15. The predicted octanol–water partition coefficient (Wildman–Crippen LogP) is 1.99. The van der Waals surface area contributed by atoms with Crippen LogP contribution in [0.15, 0.2) is 29.6 Å². The Bertz CT molecular complexity index is 630. The third-order valence-corrected chi connectivity index (χ3v) is 3.87. The molecule has 0 saturated heterocycles. The molecule has 0 unspecified atom stereocenters. The maximum absolute atomic E-state index is 11.7. The first kappa shape index (κ1) is 16.3. The van der Waals surface area contributed by atoms with E-state index < -0.39 is 6.10 Å². The minimum atomic E-state index is -0.830. The molecule has 0 bridgehead atoms. The number of hydrogen-bond donors (Lipinski definition) is 3. The van der Waals surface area contributed by atoms with E-state index in [9.17, 15) is 9.90 Å². The molecule has 0 saturated carbocycles. The monoisotopic (exact) mass is 321 g/mol. The number of benzene rings is 1. The highest BCUT2D eigenvalue weighted by molar-refractivity contribution is 7.09. The van der Waals surface area contributed by atoms with Gasteiger partial charge in [0.15, 0.2) is 0 Å². The average molecular weight is 321 g/mol. The van der Waals surface area contributed by atoms with Crippen LogP contribution in [0.4, 0.5) is 4.79 Å². The fourth-order valence-electron chi connectivity index (χ4n) is 1.96. The molecule has 0 aliphatic rings. The van der Waals surface area contributed by atoms with E-state index >= 15 is 0 Å². The summed E-state index contributed by atoms with van der Waals surface area (Å²) < 4.78 is 5.19. The number of aliphatic hydroxyl groups excluding tert-OH is 1. The topological polar surface area (TPSA) is 83.5 Å². The van der Waals surface area contributed by atoms with Crippen LogP contribution in [0.3, 0.4) is 0 Å². The molecule has 2 amide bonds. The number of nitrogens with one attached hydrogen (secondary N) is 2. The summed E-state index contributed by atoms with van der Waals surface area (Å²) in [6, 6.07) is 6.82. The van der Waals surface area contributed by atoms with Gasteiger partial charge in [-0.25, -0.2) is 9.78 Å². The third kappa shape index (κ3) is 4.44. The summed E-state index contributed by atoms with van der Waals surface area (Å²) in [5.41, 5.74) is 1.46. The number of nitrogens with zero attached hydrogens (tertiary/aromatic N) is 1. The molecule has 6 nitrogen and oxygen atoms in total. The van der Waals surface area contributed by atoms with Crippen molar-refractivity contribution in [1.29, 1.82) is 0 Å². The molecule has 2 rings (SSSR count). The van der Waals surface area contributed by atoms with Crippen LogP contribution in [0, 0.1) is 6.92 Å². The maximum Gasteiger partial charge on any atom is 0.315 e. The Balaban J connectivity index is 1.80. The van der Waals surface area contributed by atoms with Gasteiger partial charge in [-0.3, -0.25) is 0 Å². The second-order valence-electron chi connectivity index (χ2n) is 4.68. The van der Waals surface area contributed by atoms with Gasteiger partial charge in [-0.05, 0) is 13.0 Å². The van der Waals surface area contributed by atoms with Gasteiger partial charge in [-0.15, -0.1) is 11.3 Å². The van der Waals surface area contributed by atoms with Gasteiger partial charge in [0.05, 0.1) is 30.5 Å². The fourth-order valence-corrected chi connectivity index (χ4v) is 2.58. The minimum Gasteiger partial charge on any atom is -0.496 e. The summed E-state index contributed by atoms with van der Waals surface area (Å²) in [5.74, 6) is 0.593. The Morgan fingerprint density at radius 1 is 1.41 bits per heavy atom. The lowest BCUT2D eigenvalue weighted by atomic mass is 10.1. The molecule has 1 heterocycles. The van der Waals surface area contributed by atoms with E-state index in [1.165, 1.54) is 11.3 Å². The number of aromatic nitrogens is 1. The lowest BCUT2D eigenvalue weighted by molar-refractivity contribution is 0.169. The molecule has 118 valence electrons. The van der Waals surface area contributed by atoms with Crippen molar-refractivity contribution in [2.24, 2.45) is 0 Å². The van der Waals surface area contributed by atoms with Crippen molar-refractivity contribution in [2.75, 3.05) is 13.7 Å². The Morgan fingerprint density at radius 2 is 2.18 bits per heavy atom. The summed E-state index contributed by atoms with van der Waals surface area (Å²) in [5, 5.41) is 18.3. The van der Waals surface area contributed by atoms with E-state index in [2.05, 4.69) is 15.6 Å². The van der Waals surface area contributed by atoms with Crippen LogP contribution in [0.2, 0.25) is 0 Å². The summed E-state index contributed by atoms with van der Waals surface area (Å²) in [6.45, 7) is 2.38. The van der Waals surface area contributed by atoms with E-state index in [0.29, 0.717) is 17.9 Å². The molecule has 0 aliphatic carbocycles. The normalized spacial score (nSPS) is 11.8. The molecule has 22 heavy (non-hydrogen) atoms. The van der Waals surface area contributed by atoms with Crippen molar-refractivity contribution in [2.45, 2.75) is 19.6 Å². The first-order valence-corrected chi connectivity index (χ1v) is 7.71. The minimum absolute atomic E-state index is 0.0995. The molecular weight excluding hydrogens is 302 g/mol. The van der Waals surface area contributed by atoms with Gasteiger partial charge in [0.2, 0.25) is 0 Å². The second-order valence-corrected chi connectivity index (χ2v) is 5.74. The zero-order valence-corrected chi connectivity index (χ0v) is 13.3. The van der Waals surface area contributed by atoms with Crippen molar-refractivity contribution in [3.8, 4) is 5.75 Å². The van der Waals surface area contributed by atoms with Crippen LogP contribution in [-0.2, 0) is 6.54 Å². The van der Waals surface area contributed by atoms with Gasteiger partial charge in [0.25, 0.3) is 0 Å². The van der Waals surface area contributed by atoms with Gasteiger partial charge in [-0.2, -0.15) is 0 Å². The molecule has 0 radical (unpaired) electrons. The van der Waals surface area contributed by atoms with Crippen LogP contribution in [0.1, 0.15) is 22.4 Å². The number of carbonyl (C=O) groups is 1. The highest BCUT2D eigenvalue weighted by Gasteiger charge is 2.13. The maximum atomic E-state index is 11.7. The number of methoxy groups -OCH3 is 1. The molecule has 0 aliphatic heterocycles. The van der Waals surface area contributed by atoms with E-state index in [1.807, 2.05) is 24.4 Å². The molecule has 3 N–H and O–H groups in total. The largest absolute Gasteiger partial charge is 0.496 e. The average Bonchev–Trinajstić information content (AvgIpc) is 2.96. The van der Waals surface area contributed by atoms with E-state index in [4.69, 9.17) is 4.74 Å². The highest BCUT2D eigenvalue weighted by atomic mass is 32.1. The highest BCUT2D eigenvalue weighted by Crippen LogP contribution is 2.23. The van der Waals surface area contributed by atoms with Crippen LogP contribution in [0.5, 0.6) is 5.75 Å². The lowest BCUT2D eigenvalue weighted by Crippen LogP contribution is -2.37. The Kier molecular flexibility index (Phi) is 5.74. The second kappa shape index (κ2) is 7.77. The standard InChI is InChI=1S/C15H19N3O3S/c1-10-18-11(9-22-10)7-16-15(20)17-8-13(19)12-5-3-4-6-14(12)21-2/h3-6,9,13,19H,7-8H2,1-2H3,(H2,16,17,20)/t13-/m0/s1. The molecule has 2 aromatic rings. The third-order valence-electron chi connectivity index (χ3n) is 3.05. The number of carbonyl (C=O) groups excluding carboxylic acids is 1. The summed E-state index contributed by atoms with van der Waals surface area (Å²) in [4.78, 5) is 16.0. The number of ether oxygens (including phenoxy) is 1. The summed E-state index contributed by atoms with van der Waals surface area (Å²) in [7, 11) is 1.54. The van der Waals surface area contributed by atoms with Crippen molar-refractivity contribution in [3.05, 3.63) is 45.9 Å². The first-order chi connectivity index (χ1) is 10.6. The molecule has 0 spiro atoms. The molecule has 1 aromatic heterocycles. The molecule has 1 atom stereocenters. The molecular formula is C15H19N3O3S. The van der Waals surface area contributed by atoms with E-state index in [0.717, 1.165) is 10.7 Å². The SMILES string of the molecule is COc1ccccc1[C@@H](O)CNC(=O)NCc1csc(C)n1. The zero-order valence-electron chi connectivity index (χ0n) is 12.5. The molecule has 0 fully saturated rings. The van der Waals surface area contributed by atoms with Gasteiger partial charge < -0.3 is 20.5 Å². The molecule has 7 heteroatoms. The number of urea groups is 1. The Hall–Kier alpha value is -2.12. The van der Waals surface area contributed by atoms with Crippen molar-refractivity contribution in [3.63, 3.8) is 0 Å². The number of aliphatic hydroxyl groups is 1. The number of rotatable bonds is 6. The Labute approximate surface area is 133 Å². The summed E-state index contributed by atoms with van der Waals surface area (Å²) >= 11 is 1.54. The summed E-state index contributed by atoms with van der Waals surface area (Å²) in [6.07, 6.45) is -0.830. The number of amides is 2. The number of aryl methyl sites for hydroxylation is 1. The quantitative estimate of drug-likeness (QED) is 0.760.